The first kappa shape index (κ1) is 15.7. The molecule has 6 nitrogen and oxygen atoms in total. The number of methoxy groups -OCH3 is 1. The van der Waals surface area contributed by atoms with Crippen LogP contribution in [-0.2, 0) is 0 Å². The number of phenolic OH excluding ortho intramolecular Hbond substituents is 1. The molecule has 0 bridgehead atoms. The minimum absolute atomic E-state index is 0.115. The highest BCUT2D eigenvalue weighted by Crippen LogP contribution is 2.35. The molecular weight excluding hydrogens is 308 g/mol. The van der Waals surface area contributed by atoms with Crippen molar-refractivity contribution < 1.29 is 19.7 Å². The van der Waals surface area contributed by atoms with E-state index in [2.05, 4.69) is 10.5 Å². The molecule has 2 aromatic carbocycles. The van der Waals surface area contributed by atoms with Gasteiger partial charge >= 0.3 is 5.97 Å². The van der Waals surface area contributed by atoms with E-state index in [0.717, 1.165) is 0 Å². The van der Waals surface area contributed by atoms with Gasteiger partial charge in [-0.2, -0.15) is 5.10 Å². The molecule has 0 aliphatic heterocycles. The molecule has 0 atom stereocenters. The zero-order valence-corrected chi connectivity index (χ0v) is 12.3. The lowest BCUT2D eigenvalue weighted by Gasteiger charge is -2.06. The molecule has 0 saturated carbocycles. The van der Waals surface area contributed by atoms with E-state index in [1.54, 1.807) is 24.3 Å². The number of nitrogens with zero attached hydrogens (tertiary/aromatic N) is 1. The monoisotopic (exact) mass is 320 g/mol. The summed E-state index contributed by atoms with van der Waals surface area (Å²) in [6, 6.07) is 9.42. The smallest absolute Gasteiger partial charge is 0.335 e. The van der Waals surface area contributed by atoms with E-state index < -0.39 is 5.97 Å². The van der Waals surface area contributed by atoms with Crippen molar-refractivity contribution >= 4 is 29.5 Å². The second-order valence-corrected chi connectivity index (χ2v) is 4.65. The van der Waals surface area contributed by atoms with Crippen molar-refractivity contribution in [3.8, 4) is 11.5 Å². The van der Waals surface area contributed by atoms with Crippen LogP contribution in [0.2, 0.25) is 5.02 Å². The minimum atomic E-state index is -1.02. The Morgan fingerprint density at radius 3 is 2.82 bits per heavy atom. The molecule has 2 aromatic rings. The van der Waals surface area contributed by atoms with Gasteiger partial charge in [0.1, 0.15) is 0 Å². The van der Waals surface area contributed by atoms with Crippen LogP contribution in [0.25, 0.3) is 0 Å². The third-order valence-corrected chi connectivity index (χ3v) is 3.23. The Bertz CT molecular complexity index is 731. The van der Waals surface area contributed by atoms with Gasteiger partial charge < -0.3 is 14.9 Å². The third-order valence-electron chi connectivity index (χ3n) is 2.84. The van der Waals surface area contributed by atoms with Crippen LogP contribution < -0.4 is 10.2 Å². The van der Waals surface area contributed by atoms with Gasteiger partial charge in [0.15, 0.2) is 11.5 Å². The number of benzene rings is 2. The van der Waals surface area contributed by atoms with Gasteiger partial charge in [0.2, 0.25) is 0 Å². The summed E-state index contributed by atoms with van der Waals surface area (Å²) in [5.74, 6) is -0.916. The fourth-order valence-corrected chi connectivity index (χ4v) is 1.93. The molecule has 0 aromatic heterocycles. The highest BCUT2D eigenvalue weighted by molar-refractivity contribution is 6.34. The predicted molar refractivity (Wildman–Crippen MR) is 84.3 cm³/mol. The molecule has 0 amide bonds. The number of hydrazone groups is 1. The van der Waals surface area contributed by atoms with E-state index in [9.17, 15) is 9.90 Å². The van der Waals surface area contributed by atoms with E-state index in [1.807, 2.05) is 0 Å². The lowest BCUT2D eigenvalue weighted by molar-refractivity contribution is 0.0697. The lowest BCUT2D eigenvalue weighted by Crippen LogP contribution is -1.98. The number of ether oxygens (including phenoxy) is 1. The summed E-state index contributed by atoms with van der Waals surface area (Å²) in [5, 5.41) is 22.8. The fourth-order valence-electron chi connectivity index (χ4n) is 1.72. The first-order valence-electron chi connectivity index (χ1n) is 6.21. The van der Waals surface area contributed by atoms with Crippen LogP contribution in [-0.4, -0.2) is 29.5 Å². The molecule has 0 aliphatic rings. The average molecular weight is 321 g/mol. The molecule has 2 rings (SSSR count). The van der Waals surface area contributed by atoms with Gasteiger partial charge in [-0.25, -0.2) is 4.79 Å². The Morgan fingerprint density at radius 1 is 1.36 bits per heavy atom. The number of carboxylic acids is 1. The van der Waals surface area contributed by atoms with Crippen molar-refractivity contribution in [3.63, 3.8) is 0 Å². The van der Waals surface area contributed by atoms with Crippen LogP contribution in [0.5, 0.6) is 11.5 Å². The van der Waals surface area contributed by atoms with E-state index in [0.29, 0.717) is 11.3 Å². The summed E-state index contributed by atoms with van der Waals surface area (Å²) in [4.78, 5) is 10.9. The quantitative estimate of drug-likeness (QED) is 0.581. The highest BCUT2D eigenvalue weighted by Gasteiger charge is 2.09. The summed E-state index contributed by atoms with van der Waals surface area (Å²) in [6.07, 6.45) is 1.41. The number of carbonyl (C=O) groups is 1. The molecule has 0 radical (unpaired) electrons. The molecule has 22 heavy (non-hydrogen) atoms. The largest absolute Gasteiger partial charge is 0.503 e. The molecule has 0 spiro atoms. The number of aromatic hydroxyl groups is 1. The van der Waals surface area contributed by atoms with Crippen molar-refractivity contribution in [2.75, 3.05) is 12.5 Å². The van der Waals surface area contributed by atoms with E-state index in [4.69, 9.17) is 21.4 Å². The van der Waals surface area contributed by atoms with Gasteiger partial charge in [0.25, 0.3) is 0 Å². The summed E-state index contributed by atoms with van der Waals surface area (Å²) < 4.78 is 4.94. The van der Waals surface area contributed by atoms with Crippen LogP contribution >= 0.6 is 11.6 Å². The molecule has 0 saturated heterocycles. The van der Waals surface area contributed by atoms with Crippen molar-refractivity contribution in [1.82, 2.24) is 0 Å². The molecule has 114 valence electrons. The molecule has 0 heterocycles. The van der Waals surface area contributed by atoms with Crippen molar-refractivity contribution in [3.05, 3.63) is 52.5 Å². The Labute approximate surface area is 131 Å². The third kappa shape index (κ3) is 3.48. The van der Waals surface area contributed by atoms with Crippen LogP contribution in [0.3, 0.4) is 0 Å². The number of halogens is 1. The standard InChI is InChI=1S/C15H13ClN2O4/c1-22-12-6-5-10(13(16)14(12)19)8-17-18-11-4-2-3-9(7-11)15(20)21/h2-8,18-19H,1H3,(H,20,21). The molecule has 3 N–H and O–H groups in total. The number of rotatable bonds is 5. The van der Waals surface area contributed by atoms with Gasteiger partial charge in [-0.3, -0.25) is 5.43 Å². The van der Waals surface area contributed by atoms with Gasteiger partial charge in [-0.1, -0.05) is 17.7 Å². The molecule has 0 aliphatic carbocycles. The van der Waals surface area contributed by atoms with E-state index >= 15 is 0 Å². The minimum Gasteiger partial charge on any atom is -0.503 e. The number of hydrogen-bond donors (Lipinski definition) is 3. The number of phenols is 1. The summed E-state index contributed by atoms with van der Waals surface area (Å²) in [6.45, 7) is 0. The van der Waals surface area contributed by atoms with Crippen molar-refractivity contribution in [2.45, 2.75) is 0 Å². The summed E-state index contributed by atoms with van der Waals surface area (Å²) >= 11 is 6.00. The molecule has 0 unspecified atom stereocenters. The SMILES string of the molecule is COc1ccc(C=NNc2cccc(C(=O)O)c2)c(Cl)c1O. The molecule has 0 fully saturated rings. The van der Waals surface area contributed by atoms with Crippen molar-refractivity contribution in [2.24, 2.45) is 5.10 Å². The number of nitrogens with one attached hydrogen (secondary N) is 1. The fraction of sp³-hybridized carbons (Fsp3) is 0.0667. The van der Waals surface area contributed by atoms with Gasteiger partial charge in [0, 0.05) is 5.56 Å². The Hall–Kier alpha value is -2.73. The van der Waals surface area contributed by atoms with Crippen molar-refractivity contribution in [1.29, 1.82) is 0 Å². The van der Waals surface area contributed by atoms with E-state index in [-0.39, 0.29) is 22.1 Å². The number of carboxylic acid groups (broad SMARTS) is 1. The van der Waals surface area contributed by atoms with Crippen LogP contribution in [0.15, 0.2) is 41.5 Å². The number of aromatic carboxylic acids is 1. The van der Waals surface area contributed by atoms with Crippen LogP contribution in [0, 0.1) is 0 Å². The lowest BCUT2D eigenvalue weighted by atomic mass is 10.2. The summed E-state index contributed by atoms with van der Waals surface area (Å²) in [7, 11) is 1.43. The van der Waals surface area contributed by atoms with Crippen LogP contribution in [0.1, 0.15) is 15.9 Å². The van der Waals surface area contributed by atoms with E-state index in [1.165, 1.54) is 25.5 Å². The Morgan fingerprint density at radius 2 is 2.14 bits per heavy atom. The highest BCUT2D eigenvalue weighted by atomic mass is 35.5. The molecular formula is C15H13ClN2O4. The van der Waals surface area contributed by atoms with Gasteiger partial charge in [-0.15, -0.1) is 0 Å². The zero-order valence-electron chi connectivity index (χ0n) is 11.6. The van der Waals surface area contributed by atoms with Crippen LogP contribution in [0.4, 0.5) is 5.69 Å². The first-order chi connectivity index (χ1) is 10.5. The maximum absolute atomic E-state index is 10.9. The Balaban J connectivity index is 2.15. The first-order valence-corrected chi connectivity index (χ1v) is 6.58. The number of anilines is 1. The number of hydrogen-bond acceptors (Lipinski definition) is 5. The second-order valence-electron chi connectivity index (χ2n) is 4.28. The zero-order chi connectivity index (χ0) is 16.1. The second kappa shape index (κ2) is 6.82. The van der Waals surface area contributed by atoms with Gasteiger partial charge in [-0.05, 0) is 30.3 Å². The average Bonchev–Trinajstić information content (AvgIpc) is 2.52. The maximum Gasteiger partial charge on any atom is 0.335 e. The maximum atomic E-state index is 10.9. The Kier molecular flexibility index (Phi) is 4.85. The predicted octanol–water partition coefficient (Wildman–Crippen LogP) is 3.20. The van der Waals surface area contributed by atoms with Gasteiger partial charge in [0.05, 0.1) is 29.6 Å². The topological polar surface area (TPSA) is 91.2 Å². The normalized spacial score (nSPS) is 10.6. The summed E-state index contributed by atoms with van der Waals surface area (Å²) in [5.41, 5.74) is 3.86. The molecule has 7 heteroatoms.